The summed E-state index contributed by atoms with van der Waals surface area (Å²) in [7, 11) is 0. The summed E-state index contributed by atoms with van der Waals surface area (Å²) in [5.74, 6) is 0. The lowest BCUT2D eigenvalue weighted by Crippen LogP contribution is -2.23. The molecule has 0 N–H and O–H groups in total. The molecule has 23 heavy (non-hydrogen) atoms. The quantitative estimate of drug-likeness (QED) is 0.697. The van der Waals surface area contributed by atoms with Gasteiger partial charge in [0.15, 0.2) is 0 Å². The summed E-state index contributed by atoms with van der Waals surface area (Å²) in [6.07, 6.45) is 0. The third-order valence-corrected chi connectivity index (χ3v) is 4.14. The van der Waals surface area contributed by atoms with Crippen molar-refractivity contribution in [2.24, 2.45) is 0 Å². The Morgan fingerprint density at radius 3 is 2.43 bits per heavy atom. The highest BCUT2D eigenvalue weighted by Gasteiger charge is 2.07. The van der Waals surface area contributed by atoms with E-state index in [1.54, 1.807) is 24.3 Å². The molecule has 0 spiro atoms. The van der Waals surface area contributed by atoms with Crippen molar-refractivity contribution in [2.45, 2.75) is 13.5 Å². The average Bonchev–Trinajstić information content (AvgIpc) is 2.53. The van der Waals surface area contributed by atoms with Gasteiger partial charge >= 0.3 is 0 Å². The van der Waals surface area contributed by atoms with Crippen LogP contribution in [0.2, 0.25) is 10.0 Å². The van der Waals surface area contributed by atoms with Gasteiger partial charge in [-0.25, -0.2) is 4.68 Å². The fourth-order valence-corrected chi connectivity index (χ4v) is 2.72. The van der Waals surface area contributed by atoms with E-state index < -0.39 is 0 Å². The second kappa shape index (κ2) is 6.57. The highest BCUT2D eigenvalue weighted by Crippen LogP contribution is 2.22. The average molecular weight is 345 g/mol. The molecular weight excluding hydrogens is 331 g/mol. The van der Waals surface area contributed by atoms with Crippen LogP contribution in [0.5, 0.6) is 0 Å². The standard InChI is InChI=1S/C18H14Cl2N2O/c1-12-2-4-13(5-3-12)17-8-9-18(23)22(21-17)11-14-6-7-15(19)10-16(14)20/h2-10H,11H2,1H3. The molecule has 2 aromatic carbocycles. The van der Waals surface area contributed by atoms with E-state index in [-0.39, 0.29) is 5.56 Å². The number of hydrogen-bond donors (Lipinski definition) is 0. The summed E-state index contributed by atoms with van der Waals surface area (Å²) < 4.78 is 1.41. The van der Waals surface area contributed by atoms with Gasteiger partial charge in [-0.3, -0.25) is 4.79 Å². The summed E-state index contributed by atoms with van der Waals surface area (Å²) in [6, 6.07) is 16.5. The maximum Gasteiger partial charge on any atom is 0.267 e. The smallest absolute Gasteiger partial charge is 0.267 e. The van der Waals surface area contributed by atoms with Gasteiger partial charge in [0.2, 0.25) is 0 Å². The van der Waals surface area contributed by atoms with Gasteiger partial charge in [0.1, 0.15) is 0 Å². The molecule has 0 fully saturated rings. The van der Waals surface area contributed by atoms with Crippen LogP contribution in [0.15, 0.2) is 59.4 Å². The number of hydrogen-bond acceptors (Lipinski definition) is 2. The van der Waals surface area contributed by atoms with Crippen LogP contribution < -0.4 is 5.56 Å². The van der Waals surface area contributed by atoms with Crippen molar-refractivity contribution in [2.75, 3.05) is 0 Å². The van der Waals surface area contributed by atoms with Gasteiger partial charge in [0.25, 0.3) is 5.56 Å². The van der Waals surface area contributed by atoms with Gasteiger partial charge in [-0.15, -0.1) is 0 Å². The normalized spacial score (nSPS) is 10.7. The Balaban J connectivity index is 1.97. The van der Waals surface area contributed by atoms with Gasteiger partial charge in [-0.05, 0) is 30.7 Å². The highest BCUT2D eigenvalue weighted by molar-refractivity contribution is 6.35. The minimum Gasteiger partial charge on any atom is -0.268 e. The minimum atomic E-state index is -0.174. The van der Waals surface area contributed by atoms with Crippen LogP contribution >= 0.6 is 23.2 Å². The molecule has 3 nitrogen and oxygen atoms in total. The van der Waals surface area contributed by atoms with E-state index in [9.17, 15) is 4.79 Å². The van der Waals surface area contributed by atoms with Crippen LogP contribution in [-0.4, -0.2) is 9.78 Å². The van der Waals surface area contributed by atoms with Crippen LogP contribution in [0, 0.1) is 6.92 Å². The largest absolute Gasteiger partial charge is 0.268 e. The first kappa shape index (κ1) is 15.8. The Morgan fingerprint density at radius 2 is 1.74 bits per heavy atom. The second-order valence-corrected chi connectivity index (χ2v) is 6.16. The van der Waals surface area contributed by atoms with E-state index in [0.29, 0.717) is 16.6 Å². The van der Waals surface area contributed by atoms with Gasteiger partial charge in [-0.1, -0.05) is 59.1 Å². The Hall–Kier alpha value is -2.10. The van der Waals surface area contributed by atoms with Crippen LogP contribution in [-0.2, 0) is 6.54 Å². The maximum absolute atomic E-state index is 12.1. The molecule has 0 unspecified atom stereocenters. The molecule has 0 bridgehead atoms. The zero-order valence-electron chi connectivity index (χ0n) is 12.5. The van der Waals surface area contributed by atoms with Gasteiger partial charge in [0, 0.05) is 21.7 Å². The molecule has 1 heterocycles. The molecule has 3 aromatic rings. The van der Waals surface area contributed by atoms with Gasteiger partial charge < -0.3 is 0 Å². The van der Waals surface area contributed by atoms with Crippen LogP contribution in [0.4, 0.5) is 0 Å². The van der Waals surface area contributed by atoms with Crippen molar-refractivity contribution in [1.29, 1.82) is 0 Å². The summed E-state index contributed by atoms with van der Waals surface area (Å²) in [5, 5.41) is 5.53. The van der Waals surface area contributed by atoms with Crippen molar-refractivity contribution < 1.29 is 0 Å². The van der Waals surface area contributed by atoms with Crippen LogP contribution in [0.25, 0.3) is 11.3 Å². The van der Waals surface area contributed by atoms with Crippen molar-refractivity contribution in [1.82, 2.24) is 9.78 Å². The minimum absolute atomic E-state index is 0.174. The summed E-state index contributed by atoms with van der Waals surface area (Å²) in [5.41, 5.74) is 3.51. The molecule has 0 amide bonds. The number of nitrogens with zero attached hydrogens (tertiary/aromatic N) is 2. The number of aryl methyl sites for hydroxylation is 1. The summed E-state index contributed by atoms with van der Waals surface area (Å²) >= 11 is 12.1. The van der Waals surface area contributed by atoms with E-state index >= 15 is 0 Å². The lowest BCUT2D eigenvalue weighted by molar-refractivity contribution is 0.643. The zero-order chi connectivity index (χ0) is 16.4. The van der Waals surface area contributed by atoms with Crippen LogP contribution in [0.1, 0.15) is 11.1 Å². The molecule has 0 saturated carbocycles. The molecule has 0 aliphatic rings. The summed E-state index contributed by atoms with van der Waals surface area (Å²) in [4.78, 5) is 12.1. The number of halogens is 2. The molecular formula is C18H14Cl2N2O. The molecule has 0 atom stereocenters. The molecule has 0 saturated heterocycles. The van der Waals surface area contributed by atoms with E-state index in [1.165, 1.54) is 16.3 Å². The Morgan fingerprint density at radius 1 is 1.00 bits per heavy atom. The Bertz CT molecular complexity index is 902. The first-order chi connectivity index (χ1) is 11.0. The summed E-state index contributed by atoms with van der Waals surface area (Å²) in [6.45, 7) is 2.33. The van der Waals surface area contributed by atoms with Crippen LogP contribution in [0.3, 0.4) is 0 Å². The first-order valence-corrected chi connectivity index (χ1v) is 7.88. The van der Waals surface area contributed by atoms with E-state index in [0.717, 1.165) is 16.8 Å². The molecule has 0 radical (unpaired) electrons. The number of rotatable bonds is 3. The molecule has 0 aliphatic heterocycles. The molecule has 5 heteroatoms. The Kier molecular flexibility index (Phi) is 4.51. The fourth-order valence-electron chi connectivity index (χ4n) is 2.25. The highest BCUT2D eigenvalue weighted by atomic mass is 35.5. The zero-order valence-corrected chi connectivity index (χ0v) is 14.0. The SMILES string of the molecule is Cc1ccc(-c2ccc(=O)n(Cc3ccc(Cl)cc3Cl)n2)cc1. The molecule has 1 aromatic heterocycles. The third kappa shape index (κ3) is 3.63. The third-order valence-electron chi connectivity index (χ3n) is 3.55. The fraction of sp³-hybridized carbons (Fsp3) is 0.111. The van der Waals surface area contributed by atoms with E-state index in [4.69, 9.17) is 23.2 Å². The van der Waals surface area contributed by atoms with Gasteiger partial charge in [0.05, 0.1) is 12.2 Å². The molecule has 3 rings (SSSR count). The van der Waals surface area contributed by atoms with Crippen molar-refractivity contribution in [3.05, 3.63) is 86.1 Å². The molecule has 116 valence electrons. The van der Waals surface area contributed by atoms with E-state index in [2.05, 4.69) is 5.10 Å². The maximum atomic E-state index is 12.1. The topological polar surface area (TPSA) is 34.9 Å². The number of aromatic nitrogens is 2. The first-order valence-electron chi connectivity index (χ1n) is 7.12. The predicted molar refractivity (Wildman–Crippen MR) is 94.2 cm³/mol. The lowest BCUT2D eigenvalue weighted by atomic mass is 10.1. The van der Waals surface area contributed by atoms with Gasteiger partial charge in [-0.2, -0.15) is 5.10 Å². The predicted octanol–water partition coefficient (Wildman–Crippen LogP) is 4.57. The van der Waals surface area contributed by atoms with E-state index in [1.807, 2.05) is 31.2 Å². The number of benzene rings is 2. The van der Waals surface area contributed by atoms with Crippen molar-refractivity contribution >= 4 is 23.2 Å². The Labute approximate surface area is 144 Å². The van der Waals surface area contributed by atoms with Crippen molar-refractivity contribution in [3.8, 4) is 11.3 Å². The molecule has 0 aliphatic carbocycles. The monoisotopic (exact) mass is 344 g/mol. The lowest BCUT2D eigenvalue weighted by Gasteiger charge is -2.09. The second-order valence-electron chi connectivity index (χ2n) is 5.32. The van der Waals surface area contributed by atoms with Crippen molar-refractivity contribution in [3.63, 3.8) is 0 Å².